The molecule has 4 rings (SSSR count). The molecule has 0 saturated carbocycles. The maximum absolute atomic E-state index is 12.7. The average molecular weight is 386 g/mol. The van der Waals surface area contributed by atoms with Crippen LogP contribution in [0, 0.1) is 24.0 Å². The summed E-state index contributed by atoms with van der Waals surface area (Å²) in [6.45, 7) is 3.87. The van der Waals surface area contributed by atoms with Crippen molar-refractivity contribution in [1.29, 1.82) is 0 Å². The third kappa shape index (κ3) is 3.45. The highest BCUT2D eigenvalue weighted by Crippen LogP contribution is 2.27. The Hall–Kier alpha value is -4.00. The molecule has 4 aromatic rings. The van der Waals surface area contributed by atoms with Crippen molar-refractivity contribution in [3.8, 4) is 11.3 Å². The number of nitrogens with zero attached hydrogens (tertiary/aromatic N) is 3. The molecule has 7 heteroatoms. The van der Waals surface area contributed by atoms with E-state index >= 15 is 0 Å². The van der Waals surface area contributed by atoms with Gasteiger partial charge in [0.2, 0.25) is 0 Å². The fourth-order valence-electron chi connectivity index (χ4n) is 3.22. The van der Waals surface area contributed by atoms with Crippen LogP contribution in [0.5, 0.6) is 0 Å². The predicted molar refractivity (Wildman–Crippen MR) is 111 cm³/mol. The van der Waals surface area contributed by atoms with Gasteiger partial charge in [-0.2, -0.15) is 0 Å². The van der Waals surface area contributed by atoms with Gasteiger partial charge in [-0.05, 0) is 43.2 Å². The van der Waals surface area contributed by atoms with Gasteiger partial charge in [0.25, 0.3) is 11.6 Å². The molecule has 2 aromatic heterocycles. The first kappa shape index (κ1) is 18.4. The summed E-state index contributed by atoms with van der Waals surface area (Å²) >= 11 is 0. The second kappa shape index (κ2) is 7.20. The van der Waals surface area contributed by atoms with Crippen molar-refractivity contribution < 1.29 is 9.72 Å². The number of anilines is 1. The Morgan fingerprint density at radius 2 is 1.86 bits per heavy atom. The molecule has 2 heterocycles. The van der Waals surface area contributed by atoms with Crippen LogP contribution < -0.4 is 5.32 Å². The van der Waals surface area contributed by atoms with Crippen LogP contribution >= 0.6 is 0 Å². The average Bonchev–Trinajstić information content (AvgIpc) is 3.15. The number of para-hydroxylation sites is 1. The number of aryl methyl sites for hydroxylation is 2. The Labute approximate surface area is 166 Å². The van der Waals surface area contributed by atoms with Crippen LogP contribution in [0.3, 0.4) is 0 Å². The van der Waals surface area contributed by atoms with Crippen LogP contribution in [0.4, 0.5) is 11.4 Å². The number of carbonyl (C=O) groups is 1. The van der Waals surface area contributed by atoms with E-state index in [2.05, 4.69) is 10.3 Å². The van der Waals surface area contributed by atoms with Gasteiger partial charge in [0.15, 0.2) is 0 Å². The number of hydrogen-bond acceptors (Lipinski definition) is 4. The quantitative estimate of drug-likeness (QED) is 0.404. The van der Waals surface area contributed by atoms with E-state index < -0.39 is 10.8 Å². The number of nitrogens with one attached hydrogen (secondary N) is 1. The van der Waals surface area contributed by atoms with Crippen molar-refractivity contribution >= 4 is 22.9 Å². The number of benzene rings is 2. The first-order valence-electron chi connectivity index (χ1n) is 9.04. The van der Waals surface area contributed by atoms with Crippen molar-refractivity contribution in [3.05, 3.63) is 93.8 Å². The summed E-state index contributed by atoms with van der Waals surface area (Å²) in [4.78, 5) is 28.0. The summed E-state index contributed by atoms with van der Waals surface area (Å²) < 4.78 is 1.95. The molecule has 2 aromatic carbocycles. The summed E-state index contributed by atoms with van der Waals surface area (Å²) in [5, 5.41) is 14.0. The van der Waals surface area contributed by atoms with E-state index in [9.17, 15) is 14.9 Å². The molecule has 0 saturated heterocycles. The molecule has 29 heavy (non-hydrogen) atoms. The fourth-order valence-corrected chi connectivity index (χ4v) is 3.22. The zero-order valence-corrected chi connectivity index (χ0v) is 15.9. The Balaban J connectivity index is 1.69. The van der Waals surface area contributed by atoms with Gasteiger partial charge >= 0.3 is 0 Å². The van der Waals surface area contributed by atoms with Gasteiger partial charge in [0.05, 0.1) is 10.6 Å². The van der Waals surface area contributed by atoms with Gasteiger partial charge in [-0.1, -0.05) is 30.3 Å². The van der Waals surface area contributed by atoms with E-state index in [0.29, 0.717) is 5.69 Å². The van der Waals surface area contributed by atoms with Gasteiger partial charge in [0, 0.05) is 29.7 Å². The molecule has 1 N–H and O–H groups in total. The second-order valence-electron chi connectivity index (χ2n) is 6.81. The molecule has 7 nitrogen and oxygen atoms in total. The summed E-state index contributed by atoms with van der Waals surface area (Å²) in [7, 11) is 0. The number of rotatable bonds is 4. The first-order chi connectivity index (χ1) is 13.9. The largest absolute Gasteiger partial charge is 0.322 e. The Kier molecular flexibility index (Phi) is 4.56. The molecule has 1 amide bonds. The molecule has 0 atom stereocenters. The van der Waals surface area contributed by atoms with Crippen molar-refractivity contribution in [3.63, 3.8) is 0 Å². The van der Waals surface area contributed by atoms with Crippen LogP contribution in [0.2, 0.25) is 0 Å². The molecule has 0 aliphatic heterocycles. The number of pyridine rings is 1. The lowest BCUT2D eigenvalue weighted by Gasteiger charge is -2.10. The number of fused-ring (bicyclic) bond motifs is 1. The number of amides is 1. The minimum absolute atomic E-state index is 0.0191. The van der Waals surface area contributed by atoms with Gasteiger partial charge in [0.1, 0.15) is 11.2 Å². The SMILES string of the molecule is Cc1ccc(-c2cn3cccc(C)c3n2)cc1NC(=O)c1ccccc1[N+](=O)[O-]. The van der Waals surface area contributed by atoms with Gasteiger partial charge in [-0.25, -0.2) is 4.98 Å². The number of hydrogen-bond donors (Lipinski definition) is 1. The van der Waals surface area contributed by atoms with E-state index in [4.69, 9.17) is 0 Å². The van der Waals surface area contributed by atoms with E-state index in [1.807, 2.05) is 61.0 Å². The number of carbonyl (C=O) groups excluding carboxylic acids is 1. The van der Waals surface area contributed by atoms with Crippen LogP contribution in [0.15, 0.2) is 67.0 Å². The van der Waals surface area contributed by atoms with Crippen LogP contribution in [0.1, 0.15) is 21.5 Å². The summed E-state index contributed by atoms with van der Waals surface area (Å²) in [5.74, 6) is -0.525. The smallest absolute Gasteiger partial charge is 0.282 e. The van der Waals surface area contributed by atoms with E-state index in [0.717, 1.165) is 28.0 Å². The van der Waals surface area contributed by atoms with Crippen LogP contribution in [-0.2, 0) is 0 Å². The summed E-state index contributed by atoms with van der Waals surface area (Å²) in [6, 6.07) is 15.5. The standard InChI is InChI=1S/C22H18N4O3/c1-14-9-10-16(19-13-25-11-5-6-15(2)21(25)23-19)12-18(14)24-22(27)17-7-3-4-8-20(17)26(28)29/h3-13H,1-2H3,(H,24,27). The molecule has 0 spiro atoms. The minimum Gasteiger partial charge on any atom is -0.322 e. The van der Waals surface area contributed by atoms with Gasteiger partial charge in [-0.3, -0.25) is 14.9 Å². The Morgan fingerprint density at radius 3 is 2.62 bits per heavy atom. The first-order valence-corrected chi connectivity index (χ1v) is 9.04. The highest BCUT2D eigenvalue weighted by molar-refractivity contribution is 6.07. The fraction of sp³-hybridized carbons (Fsp3) is 0.0909. The van der Waals surface area contributed by atoms with Crippen molar-refractivity contribution in [1.82, 2.24) is 9.38 Å². The predicted octanol–water partition coefficient (Wildman–Crippen LogP) is 4.78. The van der Waals surface area contributed by atoms with Crippen LogP contribution in [-0.4, -0.2) is 20.2 Å². The molecule has 0 fully saturated rings. The number of aromatic nitrogens is 2. The highest BCUT2D eigenvalue weighted by atomic mass is 16.6. The zero-order valence-electron chi connectivity index (χ0n) is 15.9. The van der Waals surface area contributed by atoms with Crippen molar-refractivity contribution in [2.45, 2.75) is 13.8 Å². The molecule has 0 radical (unpaired) electrons. The lowest BCUT2D eigenvalue weighted by atomic mass is 10.1. The van der Waals surface area contributed by atoms with Crippen molar-refractivity contribution in [2.75, 3.05) is 5.32 Å². The normalized spacial score (nSPS) is 10.8. The third-order valence-corrected chi connectivity index (χ3v) is 4.80. The Bertz CT molecular complexity index is 1260. The molecule has 0 aliphatic carbocycles. The van der Waals surface area contributed by atoms with Crippen molar-refractivity contribution in [2.24, 2.45) is 0 Å². The topological polar surface area (TPSA) is 89.5 Å². The maximum Gasteiger partial charge on any atom is 0.282 e. The zero-order chi connectivity index (χ0) is 20.5. The maximum atomic E-state index is 12.7. The second-order valence-corrected chi connectivity index (χ2v) is 6.81. The molecule has 0 aliphatic rings. The van der Waals surface area contributed by atoms with E-state index in [1.54, 1.807) is 6.07 Å². The Morgan fingerprint density at radius 1 is 1.07 bits per heavy atom. The molecular weight excluding hydrogens is 368 g/mol. The molecule has 144 valence electrons. The highest BCUT2D eigenvalue weighted by Gasteiger charge is 2.20. The van der Waals surface area contributed by atoms with Gasteiger partial charge in [-0.15, -0.1) is 0 Å². The summed E-state index contributed by atoms with van der Waals surface area (Å²) in [5.41, 5.74) is 4.78. The van der Waals surface area contributed by atoms with Gasteiger partial charge < -0.3 is 9.72 Å². The lowest BCUT2D eigenvalue weighted by Crippen LogP contribution is -2.14. The minimum atomic E-state index is -0.558. The number of nitro benzene ring substituents is 1. The lowest BCUT2D eigenvalue weighted by molar-refractivity contribution is -0.385. The monoisotopic (exact) mass is 386 g/mol. The molecule has 0 bridgehead atoms. The van der Waals surface area contributed by atoms with E-state index in [1.165, 1.54) is 18.2 Å². The summed E-state index contributed by atoms with van der Waals surface area (Å²) in [6.07, 6.45) is 3.87. The number of imidazole rings is 1. The molecular formula is C22H18N4O3. The van der Waals surface area contributed by atoms with E-state index in [-0.39, 0.29) is 11.3 Å². The number of nitro groups is 1. The van der Waals surface area contributed by atoms with Crippen LogP contribution in [0.25, 0.3) is 16.9 Å². The molecule has 0 unspecified atom stereocenters. The third-order valence-electron chi connectivity index (χ3n) is 4.80.